The van der Waals surface area contributed by atoms with Gasteiger partial charge in [-0.1, -0.05) is 6.07 Å². The molecule has 2 N–H and O–H groups in total. The number of anilines is 2. The number of aryl methyl sites for hydroxylation is 1. The van der Waals surface area contributed by atoms with Crippen molar-refractivity contribution in [1.82, 2.24) is 29.6 Å². The summed E-state index contributed by atoms with van der Waals surface area (Å²) in [7, 11) is 1.84. The van der Waals surface area contributed by atoms with Crippen LogP contribution in [0.2, 0.25) is 0 Å². The molecule has 0 bridgehead atoms. The number of Topliss-reactive ketones (excluding diaryl/α,β-unsaturated/α-hetero) is 1. The molecule has 0 saturated heterocycles. The van der Waals surface area contributed by atoms with Gasteiger partial charge in [0, 0.05) is 18.7 Å². The third-order valence-corrected chi connectivity index (χ3v) is 5.13. The third kappa shape index (κ3) is 4.02. The van der Waals surface area contributed by atoms with Gasteiger partial charge in [0.2, 0.25) is 0 Å². The average Bonchev–Trinajstić information content (AvgIpc) is 3.32. The summed E-state index contributed by atoms with van der Waals surface area (Å²) in [6, 6.07) is 7.08. The number of nitrogens with two attached hydrogens (primary N) is 1. The minimum absolute atomic E-state index is 0.0571. The number of hydrogen-bond donors (Lipinski definition) is 1. The summed E-state index contributed by atoms with van der Waals surface area (Å²) < 4.78 is 1.89. The predicted octanol–water partition coefficient (Wildman–Crippen LogP) is 1.52. The van der Waals surface area contributed by atoms with Crippen LogP contribution in [0.4, 0.5) is 11.6 Å². The van der Waals surface area contributed by atoms with Gasteiger partial charge in [0.1, 0.15) is 29.4 Å². The first-order chi connectivity index (χ1) is 14.9. The van der Waals surface area contributed by atoms with Crippen LogP contribution in [0.15, 0.2) is 30.6 Å². The maximum atomic E-state index is 13.2. The van der Waals surface area contributed by atoms with E-state index in [0.717, 1.165) is 5.56 Å². The van der Waals surface area contributed by atoms with Crippen molar-refractivity contribution in [3.05, 3.63) is 47.4 Å². The zero-order valence-corrected chi connectivity index (χ0v) is 17.7. The minimum atomic E-state index is -0.179. The third-order valence-electron chi connectivity index (χ3n) is 5.13. The van der Waals surface area contributed by atoms with Crippen LogP contribution in [0, 0.1) is 0 Å². The second-order valence-electron chi connectivity index (χ2n) is 7.61. The van der Waals surface area contributed by atoms with Crippen molar-refractivity contribution in [3.8, 4) is 11.5 Å². The number of fused-ring (bicyclic) bond motifs is 1. The first-order valence-electron chi connectivity index (χ1n) is 10.0. The van der Waals surface area contributed by atoms with Gasteiger partial charge in [-0.25, -0.2) is 9.97 Å². The Balaban J connectivity index is 1.66. The van der Waals surface area contributed by atoms with Crippen LogP contribution in [0.3, 0.4) is 0 Å². The Kier molecular flexibility index (Phi) is 5.47. The summed E-state index contributed by atoms with van der Waals surface area (Å²) in [5.41, 5.74) is 8.62. The van der Waals surface area contributed by atoms with Crippen molar-refractivity contribution in [3.63, 3.8) is 0 Å². The number of aromatic nitrogens is 5. The maximum absolute atomic E-state index is 13.2. The fourth-order valence-electron chi connectivity index (χ4n) is 3.78. The molecule has 0 saturated carbocycles. The molecule has 1 aliphatic rings. The highest BCUT2D eigenvalue weighted by molar-refractivity contribution is 6.10. The van der Waals surface area contributed by atoms with Crippen LogP contribution in [0.25, 0.3) is 11.5 Å². The molecular formula is C21H24N8O2. The lowest BCUT2D eigenvalue weighted by molar-refractivity contribution is -0.117. The molecule has 0 aliphatic carbocycles. The van der Waals surface area contributed by atoms with Crippen molar-refractivity contribution < 1.29 is 9.59 Å². The first-order valence-corrected chi connectivity index (χ1v) is 10.0. The molecule has 0 spiro atoms. The summed E-state index contributed by atoms with van der Waals surface area (Å²) in [5, 5.41) is 8.11. The van der Waals surface area contributed by atoms with Crippen LogP contribution < -0.4 is 10.6 Å². The van der Waals surface area contributed by atoms with E-state index >= 15 is 0 Å². The largest absolute Gasteiger partial charge is 0.384 e. The molecule has 3 aromatic rings. The van der Waals surface area contributed by atoms with Crippen molar-refractivity contribution in [2.45, 2.75) is 33.5 Å². The monoisotopic (exact) mass is 420 g/mol. The highest BCUT2D eigenvalue weighted by Gasteiger charge is 2.33. The average molecular weight is 420 g/mol. The number of nitrogens with zero attached hydrogens (tertiary/aromatic N) is 7. The molecule has 0 unspecified atom stereocenters. The van der Waals surface area contributed by atoms with Gasteiger partial charge >= 0.3 is 0 Å². The number of likely N-dealkylation sites (N-methyl/N-ethyl adjacent to an activating group) is 1. The van der Waals surface area contributed by atoms with Crippen LogP contribution in [-0.4, -0.2) is 54.9 Å². The molecule has 0 fully saturated rings. The van der Waals surface area contributed by atoms with Gasteiger partial charge in [-0.3, -0.25) is 19.4 Å². The Morgan fingerprint density at radius 2 is 2.10 bits per heavy atom. The fourth-order valence-corrected chi connectivity index (χ4v) is 3.78. The van der Waals surface area contributed by atoms with Crippen molar-refractivity contribution in [2.75, 3.05) is 24.2 Å². The second-order valence-corrected chi connectivity index (χ2v) is 7.61. The highest BCUT2D eigenvalue weighted by Crippen LogP contribution is 2.31. The van der Waals surface area contributed by atoms with Gasteiger partial charge in [0.05, 0.1) is 24.3 Å². The number of pyridine rings is 2. The lowest BCUT2D eigenvalue weighted by Gasteiger charge is -2.17. The Morgan fingerprint density at radius 1 is 1.29 bits per heavy atom. The van der Waals surface area contributed by atoms with Gasteiger partial charge in [-0.05, 0) is 39.1 Å². The van der Waals surface area contributed by atoms with Crippen LogP contribution >= 0.6 is 0 Å². The molecule has 0 radical (unpaired) electrons. The minimum Gasteiger partial charge on any atom is -0.384 e. The van der Waals surface area contributed by atoms with E-state index in [4.69, 9.17) is 5.73 Å². The van der Waals surface area contributed by atoms with E-state index in [1.165, 1.54) is 6.92 Å². The van der Waals surface area contributed by atoms with Crippen LogP contribution in [0.1, 0.15) is 35.5 Å². The molecule has 3 aromatic heterocycles. The molecule has 1 aliphatic heterocycles. The maximum Gasteiger partial charge on any atom is 0.260 e. The first kappa shape index (κ1) is 20.6. The van der Waals surface area contributed by atoms with Crippen molar-refractivity contribution >= 4 is 23.3 Å². The van der Waals surface area contributed by atoms with Gasteiger partial charge in [0.25, 0.3) is 5.91 Å². The topological polar surface area (TPSA) is 123 Å². The van der Waals surface area contributed by atoms with Crippen LogP contribution in [0.5, 0.6) is 0 Å². The number of carbonyl (C=O) groups is 2. The van der Waals surface area contributed by atoms with E-state index in [0.29, 0.717) is 54.8 Å². The predicted molar refractivity (Wildman–Crippen MR) is 115 cm³/mol. The quantitative estimate of drug-likeness (QED) is 0.610. The van der Waals surface area contributed by atoms with Gasteiger partial charge in [0.15, 0.2) is 5.82 Å². The molecule has 160 valence electrons. The summed E-state index contributed by atoms with van der Waals surface area (Å²) in [5.74, 6) is 1.32. The number of hydrogen-bond acceptors (Lipinski definition) is 8. The number of rotatable bonds is 7. The lowest BCUT2D eigenvalue weighted by Crippen LogP contribution is -2.25. The molecule has 0 aromatic carbocycles. The molecule has 10 nitrogen and oxygen atoms in total. The molecule has 4 rings (SSSR count). The standard InChI is InChI=1S/C21H24N8O2/c1-4-28-12-23-26-20(28)16-6-5-7-19(25-16)29-10-15-14(21(29)31)8-18(22)24-17(15)11-27(3)9-13(2)30/h5-8,12H,4,9-11H2,1-3H3,(H2,22,24). The summed E-state index contributed by atoms with van der Waals surface area (Å²) in [6.07, 6.45) is 1.65. The Hall–Kier alpha value is -3.66. The van der Waals surface area contributed by atoms with E-state index in [9.17, 15) is 9.59 Å². The Labute approximate surface area is 179 Å². The fraction of sp³-hybridized carbons (Fsp3) is 0.333. The Morgan fingerprint density at radius 3 is 2.84 bits per heavy atom. The molecule has 4 heterocycles. The van der Waals surface area contributed by atoms with E-state index in [2.05, 4.69) is 20.2 Å². The van der Waals surface area contributed by atoms with E-state index in [1.807, 2.05) is 35.6 Å². The van der Waals surface area contributed by atoms with Crippen molar-refractivity contribution in [1.29, 1.82) is 0 Å². The highest BCUT2D eigenvalue weighted by atomic mass is 16.2. The van der Waals surface area contributed by atoms with Gasteiger partial charge in [-0.2, -0.15) is 0 Å². The molecular weight excluding hydrogens is 396 g/mol. The normalized spacial score (nSPS) is 13.2. The number of amides is 1. The van der Waals surface area contributed by atoms with E-state index in [-0.39, 0.29) is 17.5 Å². The van der Waals surface area contributed by atoms with Crippen molar-refractivity contribution in [2.24, 2.45) is 0 Å². The summed E-state index contributed by atoms with van der Waals surface area (Å²) >= 11 is 0. The molecule has 31 heavy (non-hydrogen) atoms. The van der Waals surface area contributed by atoms with Crippen LogP contribution in [-0.2, 0) is 24.4 Å². The zero-order chi connectivity index (χ0) is 22.1. The second kappa shape index (κ2) is 8.23. The van der Waals surface area contributed by atoms with Gasteiger partial charge in [-0.15, -0.1) is 10.2 Å². The number of nitrogen functional groups attached to an aromatic ring is 1. The molecule has 0 atom stereocenters. The summed E-state index contributed by atoms with van der Waals surface area (Å²) in [4.78, 5) is 37.2. The van der Waals surface area contributed by atoms with E-state index in [1.54, 1.807) is 23.4 Å². The molecule has 1 amide bonds. The Bertz CT molecular complexity index is 1160. The smallest absolute Gasteiger partial charge is 0.260 e. The van der Waals surface area contributed by atoms with E-state index < -0.39 is 0 Å². The number of carbonyl (C=O) groups excluding carboxylic acids is 2. The lowest BCUT2D eigenvalue weighted by atomic mass is 10.1. The molecule has 10 heteroatoms. The van der Waals surface area contributed by atoms with Gasteiger partial charge < -0.3 is 10.3 Å². The summed E-state index contributed by atoms with van der Waals surface area (Å²) in [6.45, 7) is 5.30. The zero-order valence-electron chi connectivity index (χ0n) is 17.7. The SMILES string of the molecule is CCn1cnnc1-c1cccc(N2Cc3c(cc(N)nc3CN(C)CC(C)=O)C2=O)n1. The number of ketones is 1.